The molecular formula is C32H41N3O5. The van der Waals surface area contributed by atoms with Gasteiger partial charge in [0.1, 0.15) is 5.75 Å². The van der Waals surface area contributed by atoms with Crippen molar-refractivity contribution in [1.82, 2.24) is 9.78 Å². The number of hydrogen-bond acceptors (Lipinski definition) is 6. The molecule has 0 N–H and O–H groups in total. The van der Waals surface area contributed by atoms with E-state index in [4.69, 9.17) is 9.47 Å². The van der Waals surface area contributed by atoms with E-state index in [1.807, 2.05) is 12.1 Å². The van der Waals surface area contributed by atoms with Gasteiger partial charge in [0.2, 0.25) is 0 Å². The summed E-state index contributed by atoms with van der Waals surface area (Å²) >= 11 is 0. The van der Waals surface area contributed by atoms with Crippen LogP contribution >= 0.6 is 0 Å². The van der Waals surface area contributed by atoms with Crippen LogP contribution in [0.1, 0.15) is 94.5 Å². The number of amides is 2. The smallest absolute Gasteiger partial charge is 0.422 e. The van der Waals surface area contributed by atoms with Gasteiger partial charge in [0.25, 0.3) is 17.9 Å². The molecule has 0 aliphatic carbocycles. The van der Waals surface area contributed by atoms with E-state index < -0.39 is 24.0 Å². The molecule has 2 aromatic carbocycles. The number of fused-ring (bicyclic) bond motifs is 1. The van der Waals surface area contributed by atoms with Crippen LogP contribution in [0.3, 0.4) is 0 Å². The SMILES string of the molecule is CCCCCCCCCCCCCCOc1ccccc1N1C(=O)OC(C(=O)n2nc(C)c3ccccc32)C1=O. The van der Waals surface area contributed by atoms with E-state index in [0.29, 0.717) is 23.6 Å². The fraction of sp³-hybridized carbons (Fsp3) is 0.500. The molecular weight excluding hydrogens is 506 g/mol. The van der Waals surface area contributed by atoms with E-state index in [-0.39, 0.29) is 5.69 Å². The summed E-state index contributed by atoms with van der Waals surface area (Å²) in [5, 5.41) is 5.08. The quantitative estimate of drug-likeness (QED) is 0.135. The summed E-state index contributed by atoms with van der Waals surface area (Å²) in [6.07, 6.45) is 12.5. The number of ether oxygens (including phenoxy) is 2. The number of hydrogen-bond donors (Lipinski definition) is 0. The second-order valence-corrected chi connectivity index (χ2v) is 10.5. The number of imide groups is 1. The highest BCUT2D eigenvalue weighted by Crippen LogP contribution is 2.33. The molecule has 2 amide bonds. The Balaban J connectivity index is 1.26. The van der Waals surface area contributed by atoms with Gasteiger partial charge in [-0.3, -0.25) is 9.59 Å². The van der Waals surface area contributed by atoms with E-state index in [1.54, 1.807) is 43.3 Å². The molecule has 1 aromatic heterocycles. The van der Waals surface area contributed by atoms with Gasteiger partial charge in [-0.05, 0) is 31.5 Å². The van der Waals surface area contributed by atoms with Gasteiger partial charge >= 0.3 is 6.09 Å². The van der Waals surface area contributed by atoms with Crippen molar-refractivity contribution in [3.05, 3.63) is 54.2 Å². The van der Waals surface area contributed by atoms with Crippen LogP contribution in [0.15, 0.2) is 48.5 Å². The minimum Gasteiger partial charge on any atom is -0.491 e. The Hall–Kier alpha value is -3.68. The molecule has 1 aliphatic rings. The second kappa shape index (κ2) is 14.6. The number of unbranched alkanes of at least 4 members (excludes halogenated alkanes) is 11. The van der Waals surface area contributed by atoms with Crippen molar-refractivity contribution in [3.8, 4) is 5.75 Å². The lowest BCUT2D eigenvalue weighted by Crippen LogP contribution is -2.37. The van der Waals surface area contributed by atoms with Crippen LogP contribution in [-0.4, -0.2) is 40.4 Å². The lowest BCUT2D eigenvalue weighted by molar-refractivity contribution is -0.120. The van der Waals surface area contributed by atoms with Gasteiger partial charge < -0.3 is 9.47 Å². The first-order valence-corrected chi connectivity index (χ1v) is 14.8. The predicted molar refractivity (Wildman–Crippen MR) is 156 cm³/mol. The fourth-order valence-corrected chi connectivity index (χ4v) is 5.17. The molecule has 1 fully saturated rings. The van der Waals surface area contributed by atoms with Crippen LogP contribution < -0.4 is 9.64 Å². The summed E-state index contributed by atoms with van der Waals surface area (Å²) in [6.45, 7) is 4.51. The molecule has 8 nitrogen and oxygen atoms in total. The van der Waals surface area contributed by atoms with Crippen molar-refractivity contribution in [2.75, 3.05) is 11.5 Å². The summed E-state index contributed by atoms with van der Waals surface area (Å²) in [6, 6.07) is 14.1. The lowest BCUT2D eigenvalue weighted by atomic mass is 10.1. The maximum Gasteiger partial charge on any atom is 0.422 e. The van der Waals surface area contributed by atoms with Crippen LogP contribution in [-0.2, 0) is 9.53 Å². The summed E-state index contributed by atoms with van der Waals surface area (Å²) in [4.78, 5) is 40.2. The third-order valence-electron chi connectivity index (χ3n) is 7.41. The highest BCUT2D eigenvalue weighted by atomic mass is 16.6. The molecule has 0 saturated carbocycles. The molecule has 214 valence electrons. The standard InChI is InChI=1S/C32H41N3O5/c1-3-4-5-6-7-8-9-10-11-12-13-18-23-39-28-22-17-16-21-27(28)34-30(36)29(40-32(34)38)31(37)35-26-20-15-14-19-25(26)24(2)33-35/h14-17,19-22,29H,3-13,18,23H2,1-2H3. The summed E-state index contributed by atoms with van der Waals surface area (Å²) < 4.78 is 12.4. The first kappa shape index (κ1) is 29.3. The van der Waals surface area contributed by atoms with Crippen molar-refractivity contribution in [1.29, 1.82) is 0 Å². The summed E-state index contributed by atoms with van der Waals surface area (Å²) in [7, 11) is 0. The molecule has 2 heterocycles. The van der Waals surface area contributed by atoms with Crippen molar-refractivity contribution in [2.45, 2.75) is 97.0 Å². The summed E-state index contributed by atoms with van der Waals surface area (Å²) in [5.41, 5.74) is 1.47. The Labute approximate surface area is 236 Å². The van der Waals surface area contributed by atoms with E-state index in [0.717, 1.165) is 27.8 Å². The molecule has 1 unspecified atom stereocenters. The maximum atomic E-state index is 13.3. The minimum absolute atomic E-state index is 0.272. The van der Waals surface area contributed by atoms with Crippen LogP contribution in [0.5, 0.6) is 5.75 Å². The molecule has 4 rings (SSSR count). The molecule has 1 aliphatic heterocycles. The molecule has 0 bridgehead atoms. The fourth-order valence-electron chi connectivity index (χ4n) is 5.17. The number of anilines is 1. The Bertz CT molecular complexity index is 1300. The van der Waals surface area contributed by atoms with Gasteiger partial charge in [-0.2, -0.15) is 9.78 Å². The Morgan fingerprint density at radius 2 is 1.45 bits per heavy atom. The van der Waals surface area contributed by atoms with Crippen LogP contribution in [0, 0.1) is 6.92 Å². The third-order valence-corrected chi connectivity index (χ3v) is 7.41. The van der Waals surface area contributed by atoms with E-state index in [2.05, 4.69) is 12.0 Å². The number of carbonyl (C=O) groups excluding carboxylic acids is 3. The van der Waals surface area contributed by atoms with E-state index in [9.17, 15) is 14.4 Å². The number of para-hydroxylation sites is 3. The van der Waals surface area contributed by atoms with Crippen LogP contribution in [0.2, 0.25) is 0 Å². The Kier molecular flexibility index (Phi) is 10.7. The molecule has 8 heteroatoms. The number of rotatable bonds is 16. The first-order valence-electron chi connectivity index (χ1n) is 14.8. The number of carbonyl (C=O) groups is 3. The zero-order valence-electron chi connectivity index (χ0n) is 23.8. The molecule has 40 heavy (non-hydrogen) atoms. The zero-order valence-corrected chi connectivity index (χ0v) is 23.8. The highest BCUT2D eigenvalue weighted by molar-refractivity contribution is 6.26. The average molecular weight is 548 g/mol. The Morgan fingerprint density at radius 1 is 0.850 bits per heavy atom. The molecule has 0 spiro atoms. The topological polar surface area (TPSA) is 90.7 Å². The van der Waals surface area contributed by atoms with Gasteiger partial charge in [0.05, 0.1) is 23.5 Å². The second-order valence-electron chi connectivity index (χ2n) is 10.5. The van der Waals surface area contributed by atoms with Gasteiger partial charge in [0.15, 0.2) is 0 Å². The number of aryl methyl sites for hydroxylation is 1. The van der Waals surface area contributed by atoms with E-state index >= 15 is 0 Å². The maximum absolute atomic E-state index is 13.3. The first-order chi connectivity index (χ1) is 19.5. The number of aromatic nitrogens is 2. The van der Waals surface area contributed by atoms with Crippen LogP contribution in [0.4, 0.5) is 10.5 Å². The molecule has 0 radical (unpaired) electrons. The number of cyclic esters (lactones) is 1. The third kappa shape index (κ3) is 7.09. The predicted octanol–water partition coefficient (Wildman–Crippen LogP) is 7.62. The van der Waals surface area contributed by atoms with Crippen molar-refractivity contribution < 1.29 is 23.9 Å². The van der Waals surface area contributed by atoms with Crippen LogP contribution in [0.25, 0.3) is 10.9 Å². The zero-order chi connectivity index (χ0) is 28.3. The lowest BCUT2D eigenvalue weighted by Gasteiger charge is -2.16. The largest absolute Gasteiger partial charge is 0.491 e. The van der Waals surface area contributed by atoms with Gasteiger partial charge in [0, 0.05) is 5.39 Å². The average Bonchev–Trinajstić information content (AvgIpc) is 3.46. The van der Waals surface area contributed by atoms with Crippen molar-refractivity contribution in [3.63, 3.8) is 0 Å². The molecule has 3 aromatic rings. The molecule has 1 atom stereocenters. The van der Waals surface area contributed by atoms with Gasteiger partial charge in [-0.25, -0.2) is 9.69 Å². The Morgan fingerprint density at radius 3 is 2.15 bits per heavy atom. The molecule has 1 saturated heterocycles. The number of nitrogens with zero attached hydrogens (tertiary/aromatic N) is 3. The van der Waals surface area contributed by atoms with Gasteiger partial charge in [-0.1, -0.05) is 108 Å². The normalized spacial score (nSPS) is 15.2. The monoisotopic (exact) mass is 547 g/mol. The van der Waals surface area contributed by atoms with Crippen molar-refractivity contribution in [2.24, 2.45) is 0 Å². The number of benzene rings is 2. The minimum atomic E-state index is -1.61. The van der Waals surface area contributed by atoms with E-state index in [1.165, 1.54) is 64.2 Å². The van der Waals surface area contributed by atoms with Crippen molar-refractivity contribution >= 4 is 34.5 Å². The summed E-state index contributed by atoms with van der Waals surface area (Å²) in [5.74, 6) is -1.06. The highest BCUT2D eigenvalue weighted by Gasteiger charge is 2.48. The van der Waals surface area contributed by atoms with Gasteiger partial charge in [-0.15, -0.1) is 0 Å².